The Morgan fingerprint density at radius 2 is 1.17 bits per heavy atom. The molecule has 23 heavy (non-hydrogen) atoms. The molecule has 0 aliphatic heterocycles. The molecule has 0 spiro atoms. The summed E-state index contributed by atoms with van der Waals surface area (Å²) in [5, 5.41) is 15.6. The lowest BCUT2D eigenvalue weighted by atomic mass is 10.1. The Kier molecular flexibility index (Phi) is 6.17. The number of nitrogens with two attached hydrogens (primary N) is 2. The van der Waals surface area contributed by atoms with E-state index in [0.717, 1.165) is 43.6 Å². The fourth-order valence-electron chi connectivity index (χ4n) is 2.21. The second-order valence-electron chi connectivity index (χ2n) is 5.38. The molecule has 0 unspecified atom stereocenters. The predicted molar refractivity (Wildman–Crippen MR) is 95.8 cm³/mol. The lowest BCUT2D eigenvalue weighted by Gasteiger charge is -2.12. The summed E-state index contributed by atoms with van der Waals surface area (Å²) in [6.07, 6.45) is 2.78. The first-order valence-electron chi connectivity index (χ1n) is 7.68. The zero-order valence-corrected chi connectivity index (χ0v) is 13.1. The van der Waals surface area contributed by atoms with Gasteiger partial charge in [-0.15, -0.1) is 0 Å². The first-order chi connectivity index (χ1) is 11.2. The van der Waals surface area contributed by atoms with Crippen LogP contribution < -0.4 is 22.1 Å². The van der Waals surface area contributed by atoms with Crippen LogP contribution in [0.1, 0.15) is 11.1 Å². The lowest BCUT2D eigenvalue weighted by Crippen LogP contribution is -2.29. The Labute approximate surface area is 137 Å². The maximum atomic E-state index is 9.27. The van der Waals surface area contributed by atoms with E-state index in [-0.39, 0.29) is 0 Å². The molecule has 5 nitrogen and oxygen atoms in total. The first-order valence-corrected chi connectivity index (χ1v) is 7.68. The van der Waals surface area contributed by atoms with Gasteiger partial charge < -0.3 is 27.2 Å². The minimum Gasteiger partial charge on any atom is -0.512 e. The van der Waals surface area contributed by atoms with E-state index in [4.69, 9.17) is 11.5 Å². The van der Waals surface area contributed by atoms with E-state index in [1.807, 2.05) is 48.5 Å². The molecule has 2 aromatic rings. The molecular weight excluding hydrogens is 288 g/mol. The molecule has 0 aliphatic rings. The summed E-state index contributed by atoms with van der Waals surface area (Å²) in [4.78, 5) is 0. The van der Waals surface area contributed by atoms with E-state index in [9.17, 15) is 5.11 Å². The zero-order valence-electron chi connectivity index (χ0n) is 13.1. The van der Waals surface area contributed by atoms with Gasteiger partial charge in [0.25, 0.3) is 0 Å². The fraction of sp³-hybridized carbons (Fsp3) is 0.222. The van der Waals surface area contributed by atoms with Gasteiger partial charge in [-0.2, -0.15) is 0 Å². The van der Waals surface area contributed by atoms with Crippen molar-refractivity contribution in [2.24, 2.45) is 0 Å². The van der Waals surface area contributed by atoms with Gasteiger partial charge in [-0.25, -0.2) is 0 Å². The van der Waals surface area contributed by atoms with Crippen molar-refractivity contribution in [3.63, 3.8) is 0 Å². The van der Waals surface area contributed by atoms with Crippen LogP contribution in [-0.4, -0.2) is 18.2 Å². The van der Waals surface area contributed by atoms with Gasteiger partial charge in [0, 0.05) is 24.5 Å². The second-order valence-corrected chi connectivity index (χ2v) is 5.38. The second kappa shape index (κ2) is 8.58. The third kappa shape index (κ3) is 5.82. The van der Waals surface area contributed by atoms with Crippen molar-refractivity contribution in [3.8, 4) is 0 Å². The van der Waals surface area contributed by atoms with Crippen molar-refractivity contribution in [1.29, 1.82) is 0 Å². The number of benzene rings is 2. The molecule has 0 saturated carbocycles. The molecule has 0 saturated heterocycles. The predicted octanol–water partition coefficient (Wildman–Crippen LogP) is 2.17. The molecule has 0 aromatic heterocycles. The number of nitrogen functional groups attached to an aromatic ring is 2. The van der Waals surface area contributed by atoms with E-state index in [0.29, 0.717) is 5.82 Å². The van der Waals surface area contributed by atoms with Crippen LogP contribution >= 0.6 is 0 Å². The summed E-state index contributed by atoms with van der Waals surface area (Å²) in [5.41, 5.74) is 15.3. The molecule has 0 radical (unpaired) electrons. The highest BCUT2D eigenvalue weighted by Crippen LogP contribution is 2.06. The van der Waals surface area contributed by atoms with Crippen LogP contribution in [0.15, 0.2) is 60.6 Å². The summed E-state index contributed by atoms with van der Waals surface area (Å²) < 4.78 is 0. The molecule has 2 rings (SSSR count). The molecule has 0 aliphatic carbocycles. The van der Waals surface area contributed by atoms with Crippen molar-refractivity contribution >= 4 is 11.4 Å². The first kappa shape index (κ1) is 16.5. The molecule has 0 amide bonds. The van der Waals surface area contributed by atoms with Gasteiger partial charge in [0.05, 0.1) is 0 Å². The van der Waals surface area contributed by atoms with E-state index in [1.54, 1.807) is 0 Å². The highest BCUT2D eigenvalue weighted by Gasteiger charge is 1.98. The maximum absolute atomic E-state index is 9.27. The Balaban J connectivity index is 1.69. The average Bonchev–Trinajstić information content (AvgIpc) is 2.57. The van der Waals surface area contributed by atoms with Crippen molar-refractivity contribution in [2.45, 2.75) is 12.8 Å². The van der Waals surface area contributed by atoms with Crippen LogP contribution in [0.5, 0.6) is 0 Å². The smallest absolute Gasteiger partial charge is 0.134 e. The third-order valence-electron chi connectivity index (χ3n) is 3.55. The van der Waals surface area contributed by atoms with Crippen LogP contribution in [0.3, 0.4) is 0 Å². The van der Waals surface area contributed by atoms with Crippen LogP contribution in [0, 0.1) is 0 Å². The van der Waals surface area contributed by atoms with Gasteiger partial charge >= 0.3 is 0 Å². The quantitative estimate of drug-likeness (QED) is 0.380. The lowest BCUT2D eigenvalue weighted by molar-refractivity contribution is 0.450. The van der Waals surface area contributed by atoms with Crippen molar-refractivity contribution in [3.05, 3.63) is 71.7 Å². The van der Waals surface area contributed by atoms with Gasteiger partial charge in [0.15, 0.2) is 0 Å². The molecule has 122 valence electrons. The Hall–Kier alpha value is -2.82. The summed E-state index contributed by atoms with van der Waals surface area (Å²) in [5.74, 6) is 0.621. The summed E-state index contributed by atoms with van der Waals surface area (Å²) in [6, 6.07) is 15.6. The molecule has 0 heterocycles. The molecular formula is C18H24N4O. The minimum atomic E-state index is 0.621. The topological polar surface area (TPSA) is 96.3 Å². The van der Waals surface area contributed by atoms with Crippen molar-refractivity contribution in [2.75, 3.05) is 24.6 Å². The summed E-state index contributed by atoms with van der Waals surface area (Å²) in [6.45, 7) is 1.45. The van der Waals surface area contributed by atoms with Crippen molar-refractivity contribution < 1.29 is 5.11 Å². The van der Waals surface area contributed by atoms with Gasteiger partial charge in [0.1, 0.15) is 12.1 Å². The van der Waals surface area contributed by atoms with E-state index < -0.39 is 0 Å². The minimum absolute atomic E-state index is 0.621. The van der Waals surface area contributed by atoms with Crippen LogP contribution in [0.2, 0.25) is 0 Å². The molecule has 0 bridgehead atoms. The summed E-state index contributed by atoms with van der Waals surface area (Å²) in [7, 11) is 0. The van der Waals surface area contributed by atoms with Crippen LogP contribution in [0.4, 0.5) is 11.4 Å². The number of anilines is 2. The van der Waals surface area contributed by atoms with Crippen molar-refractivity contribution in [1.82, 2.24) is 10.6 Å². The normalized spacial score (nSPS) is 10.1. The Morgan fingerprint density at radius 1 is 0.783 bits per heavy atom. The largest absolute Gasteiger partial charge is 0.512 e. The number of hydrogen-bond acceptors (Lipinski definition) is 5. The average molecular weight is 312 g/mol. The third-order valence-corrected chi connectivity index (χ3v) is 3.55. The van der Waals surface area contributed by atoms with E-state index in [2.05, 4.69) is 10.6 Å². The molecule has 7 N–H and O–H groups in total. The van der Waals surface area contributed by atoms with Gasteiger partial charge in [-0.05, 0) is 48.2 Å². The van der Waals surface area contributed by atoms with E-state index in [1.165, 1.54) is 11.1 Å². The number of rotatable bonds is 8. The number of hydrogen-bond donors (Lipinski definition) is 5. The fourth-order valence-corrected chi connectivity index (χ4v) is 2.21. The van der Waals surface area contributed by atoms with Gasteiger partial charge in [-0.3, -0.25) is 0 Å². The van der Waals surface area contributed by atoms with Crippen LogP contribution in [-0.2, 0) is 12.8 Å². The highest BCUT2D eigenvalue weighted by atomic mass is 16.2. The molecule has 0 fully saturated rings. The SMILES string of the molecule is Nc1ccc(CCNC(=CO)NCCc2ccc(N)cc2)cc1. The summed E-state index contributed by atoms with van der Waals surface area (Å²) >= 11 is 0. The number of aliphatic hydroxyl groups excluding tert-OH is 1. The standard InChI is InChI=1S/C18H24N4O/c19-16-5-1-14(2-6-16)9-11-21-18(13-23)22-12-10-15-3-7-17(20)8-4-15/h1-8,13,21-23H,9-12,19-20H2. The number of nitrogens with one attached hydrogen (secondary N) is 2. The zero-order chi connectivity index (χ0) is 16.5. The Morgan fingerprint density at radius 3 is 1.52 bits per heavy atom. The van der Waals surface area contributed by atoms with Gasteiger partial charge in [-0.1, -0.05) is 24.3 Å². The maximum Gasteiger partial charge on any atom is 0.134 e. The van der Waals surface area contributed by atoms with E-state index >= 15 is 0 Å². The number of aliphatic hydroxyl groups is 1. The molecule has 5 heteroatoms. The Bertz CT molecular complexity index is 567. The van der Waals surface area contributed by atoms with Crippen LogP contribution in [0.25, 0.3) is 0 Å². The molecule has 2 aromatic carbocycles. The monoisotopic (exact) mass is 312 g/mol. The molecule has 0 atom stereocenters. The highest BCUT2D eigenvalue weighted by molar-refractivity contribution is 5.40. The van der Waals surface area contributed by atoms with Gasteiger partial charge in [0.2, 0.25) is 0 Å².